The molecular weight excluding hydrogens is 250 g/mol. The molecule has 1 aromatic carbocycles. The van der Waals surface area contributed by atoms with Crippen LogP contribution in [0.2, 0.25) is 0 Å². The number of rotatable bonds is 3. The second-order valence-electron chi connectivity index (χ2n) is 4.98. The minimum atomic E-state index is -0.605. The van der Waals surface area contributed by atoms with E-state index in [4.69, 9.17) is 5.26 Å². The molecule has 2 rings (SSSR count). The molecule has 0 aliphatic carbocycles. The number of hydrogen-bond acceptors (Lipinski definition) is 3. The Labute approximate surface area is 119 Å². The second kappa shape index (κ2) is 5.48. The van der Waals surface area contributed by atoms with Gasteiger partial charge in [-0.2, -0.15) is 10.4 Å². The van der Waals surface area contributed by atoms with Crippen molar-refractivity contribution < 1.29 is 5.11 Å². The van der Waals surface area contributed by atoms with Crippen molar-refractivity contribution in [3.05, 3.63) is 46.3 Å². The van der Waals surface area contributed by atoms with Crippen molar-refractivity contribution in [3.8, 4) is 11.8 Å². The van der Waals surface area contributed by atoms with Crippen molar-refractivity contribution in [3.63, 3.8) is 0 Å². The third kappa shape index (κ3) is 2.33. The second-order valence-corrected chi connectivity index (χ2v) is 4.98. The molecule has 0 fully saturated rings. The number of aliphatic hydroxyl groups is 1. The summed E-state index contributed by atoms with van der Waals surface area (Å²) in [6.45, 7) is 7.82. The summed E-state index contributed by atoms with van der Waals surface area (Å²) >= 11 is 0. The van der Waals surface area contributed by atoms with Crippen LogP contribution >= 0.6 is 0 Å². The normalized spacial score (nSPS) is 12.2. The lowest BCUT2D eigenvalue weighted by molar-refractivity contribution is 0.199. The maximum atomic E-state index is 9.93. The average molecular weight is 269 g/mol. The van der Waals surface area contributed by atoms with Crippen molar-refractivity contribution in [1.82, 2.24) is 9.78 Å². The van der Waals surface area contributed by atoms with Crippen LogP contribution in [0.1, 0.15) is 48.0 Å². The Morgan fingerprint density at radius 1 is 1.40 bits per heavy atom. The highest BCUT2D eigenvalue weighted by molar-refractivity contribution is 5.50. The molecule has 0 aliphatic heterocycles. The lowest BCUT2D eigenvalue weighted by Crippen LogP contribution is -2.06. The van der Waals surface area contributed by atoms with Gasteiger partial charge in [-0.1, -0.05) is 13.0 Å². The zero-order valence-electron chi connectivity index (χ0n) is 12.3. The molecule has 1 aromatic heterocycles. The van der Waals surface area contributed by atoms with Crippen LogP contribution in [-0.2, 0) is 6.42 Å². The predicted octanol–water partition coefficient (Wildman–Crippen LogP) is 2.98. The Balaban J connectivity index is 2.71. The first-order valence-corrected chi connectivity index (χ1v) is 6.77. The van der Waals surface area contributed by atoms with Crippen LogP contribution in [0.3, 0.4) is 0 Å². The third-order valence-electron chi connectivity index (χ3n) is 3.63. The molecule has 0 saturated heterocycles. The SMILES string of the molecule is CCc1c(C)nn(-c2cc(C#N)ccc2C(C)O)c1C. The maximum Gasteiger partial charge on any atom is 0.0992 e. The summed E-state index contributed by atoms with van der Waals surface area (Å²) in [4.78, 5) is 0. The first kappa shape index (κ1) is 14.3. The fourth-order valence-corrected chi connectivity index (χ4v) is 2.57. The molecule has 0 amide bonds. The van der Waals surface area contributed by atoms with Gasteiger partial charge in [-0.25, -0.2) is 4.68 Å². The molecule has 1 N–H and O–H groups in total. The van der Waals surface area contributed by atoms with Gasteiger partial charge in [0.1, 0.15) is 0 Å². The molecule has 1 unspecified atom stereocenters. The fraction of sp³-hybridized carbons (Fsp3) is 0.375. The van der Waals surface area contributed by atoms with E-state index in [2.05, 4.69) is 18.1 Å². The highest BCUT2D eigenvalue weighted by Crippen LogP contribution is 2.26. The van der Waals surface area contributed by atoms with Gasteiger partial charge < -0.3 is 5.11 Å². The largest absolute Gasteiger partial charge is 0.389 e. The highest BCUT2D eigenvalue weighted by atomic mass is 16.3. The van der Waals surface area contributed by atoms with E-state index in [1.807, 2.05) is 18.5 Å². The number of nitriles is 1. The van der Waals surface area contributed by atoms with Gasteiger partial charge in [0, 0.05) is 11.3 Å². The standard InChI is InChI=1S/C16H19N3O/c1-5-14-10(2)18-19(11(14)3)16-8-13(9-17)6-7-15(16)12(4)20/h6-8,12,20H,5H2,1-4H3. The van der Waals surface area contributed by atoms with E-state index >= 15 is 0 Å². The summed E-state index contributed by atoms with van der Waals surface area (Å²) in [6, 6.07) is 7.43. The monoisotopic (exact) mass is 269 g/mol. The molecule has 104 valence electrons. The van der Waals surface area contributed by atoms with Gasteiger partial charge in [0.25, 0.3) is 0 Å². The van der Waals surface area contributed by atoms with Crippen LogP contribution in [0.15, 0.2) is 18.2 Å². The lowest BCUT2D eigenvalue weighted by Gasteiger charge is -2.14. The van der Waals surface area contributed by atoms with E-state index in [0.29, 0.717) is 5.56 Å². The van der Waals surface area contributed by atoms with E-state index in [1.165, 1.54) is 5.56 Å². The van der Waals surface area contributed by atoms with Crippen molar-refractivity contribution in [2.45, 2.75) is 40.2 Å². The molecule has 0 spiro atoms. The average Bonchev–Trinajstić information content (AvgIpc) is 2.72. The molecule has 4 nitrogen and oxygen atoms in total. The number of nitrogens with zero attached hydrogens (tertiary/aromatic N) is 3. The zero-order chi connectivity index (χ0) is 14.9. The first-order valence-electron chi connectivity index (χ1n) is 6.77. The van der Waals surface area contributed by atoms with E-state index in [0.717, 1.165) is 29.1 Å². The summed E-state index contributed by atoms with van der Waals surface area (Å²) in [5.74, 6) is 0. The van der Waals surface area contributed by atoms with E-state index in [-0.39, 0.29) is 0 Å². The quantitative estimate of drug-likeness (QED) is 0.931. The molecule has 0 saturated carbocycles. The van der Waals surface area contributed by atoms with Crippen molar-refractivity contribution in [2.75, 3.05) is 0 Å². The zero-order valence-corrected chi connectivity index (χ0v) is 12.3. The molecule has 0 radical (unpaired) electrons. The molecular formula is C16H19N3O. The van der Waals surface area contributed by atoms with Gasteiger partial charge in [0.15, 0.2) is 0 Å². The minimum Gasteiger partial charge on any atom is -0.389 e. The van der Waals surface area contributed by atoms with Gasteiger partial charge in [-0.05, 0) is 44.9 Å². The van der Waals surface area contributed by atoms with Gasteiger partial charge in [-0.3, -0.25) is 0 Å². The lowest BCUT2D eigenvalue weighted by atomic mass is 10.0. The van der Waals surface area contributed by atoms with E-state index < -0.39 is 6.10 Å². The van der Waals surface area contributed by atoms with Crippen molar-refractivity contribution >= 4 is 0 Å². The topological polar surface area (TPSA) is 61.8 Å². The molecule has 4 heteroatoms. The van der Waals surface area contributed by atoms with Gasteiger partial charge in [-0.15, -0.1) is 0 Å². The molecule has 0 aliphatic rings. The van der Waals surface area contributed by atoms with Crippen LogP contribution in [0.4, 0.5) is 0 Å². The van der Waals surface area contributed by atoms with E-state index in [1.54, 1.807) is 25.1 Å². The van der Waals surface area contributed by atoms with Gasteiger partial charge >= 0.3 is 0 Å². The van der Waals surface area contributed by atoms with Crippen LogP contribution < -0.4 is 0 Å². The Kier molecular flexibility index (Phi) is 3.91. The number of aliphatic hydroxyl groups excluding tert-OH is 1. The van der Waals surface area contributed by atoms with Crippen LogP contribution in [0, 0.1) is 25.2 Å². The summed E-state index contributed by atoms with van der Waals surface area (Å²) in [5, 5.41) is 23.6. The van der Waals surface area contributed by atoms with Crippen LogP contribution in [0.5, 0.6) is 0 Å². The van der Waals surface area contributed by atoms with Gasteiger partial charge in [0.2, 0.25) is 0 Å². The van der Waals surface area contributed by atoms with Gasteiger partial charge in [0.05, 0.1) is 29.1 Å². The number of hydrogen-bond donors (Lipinski definition) is 1. The molecule has 0 bridgehead atoms. The molecule has 1 atom stereocenters. The number of benzene rings is 1. The summed E-state index contributed by atoms with van der Waals surface area (Å²) in [7, 11) is 0. The Hall–Kier alpha value is -2.12. The molecule has 1 heterocycles. The number of aromatic nitrogens is 2. The third-order valence-corrected chi connectivity index (χ3v) is 3.63. The fourth-order valence-electron chi connectivity index (χ4n) is 2.57. The minimum absolute atomic E-state index is 0.565. The Morgan fingerprint density at radius 3 is 2.60 bits per heavy atom. The molecule has 2 aromatic rings. The summed E-state index contributed by atoms with van der Waals surface area (Å²) in [5.41, 5.74) is 5.38. The Morgan fingerprint density at radius 2 is 2.10 bits per heavy atom. The molecule has 20 heavy (non-hydrogen) atoms. The number of aryl methyl sites for hydroxylation is 1. The van der Waals surface area contributed by atoms with Crippen molar-refractivity contribution in [2.24, 2.45) is 0 Å². The summed E-state index contributed by atoms with van der Waals surface area (Å²) < 4.78 is 1.83. The summed E-state index contributed by atoms with van der Waals surface area (Å²) in [6.07, 6.45) is 0.311. The Bertz CT molecular complexity index is 678. The van der Waals surface area contributed by atoms with Crippen LogP contribution in [0.25, 0.3) is 5.69 Å². The first-order chi connectivity index (χ1) is 9.49. The smallest absolute Gasteiger partial charge is 0.0992 e. The van der Waals surface area contributed by atoms with E-state index in [9.17, 15) is 5.11 Å². The highest BCUT2D eigenvalue weighted by Gasteiger charge is 2.16. The van der Waals surface area contributed by atoms with Crippen LogP contribution in [-0.4, -0.2) is 14.9 Å². The van der Waals surface area contributed by atoms with Crippen molar-refractivity contribution in [1.29, 1.82) is 5.26 Å². The predicted molar refractivity (Wildman–Crippen MR) is 77.8 cm³/mol. The maximum absolute atomic E-state index is 9.93.